The van der Waals surface area contributed by atoms with Crippen molar-refractivity contribution in [2.24, 2.45) is 17.3 Å². The predicted molar refractivity (Wildman–Crippen MR) is 159 cm³/mol. The first kappa shape index (κ1) is 32.6. The number of rotatable bonds is 4. The molecule has 1 aromatic heterocycles. The molecule has 5 atom stereocenters. The maximum absolute atomic E-state index is 13.7. The topological polar surface area (TPSA) is 85.7 Å². The van der Waals surface area contributed by atoms with Crippen molar-refractivity contribution in [2.45, 2.75) is 119 Å². The van der Waals surface area contributed by atoms with Crippen LogP contribution < -0.4 is 0 Å². The van der Waals surface area contributed by atoms with Gasteiger partial charge in [-0.3, -0.25) is 9.59 Å². The Labute approximate surface area is 235 Å². The van der Waals surface area contributed by atoms with E-state index in [2.05, 4.69) is 37.6 Å². The Balaban J connectivity index is 2.46. The largest absolute Gasteiger partial charge is 0.457 e. The van der Waals surface area contributed by atoms with Gasteiger partial charge >= 0.3 is 5.97 Å². The fourth-order valence-electron chi connectivity index (χ4n) is 5.01. The molecule has 1 aliphatic heterocycles. The molecule has 1 aliphatic rings. The van der Waals surface area contributed by atoms with E-state index in [4.69, 9.17) is 9.16 Å². The lowest BCUT2D eigenvalue weighted by Crippen LogP contribution is -2.49. The van der Waals surface area contributed by atoms with Crippen molar-refractivity contribution in [3.8, 4) is 0 Å². The van der Waals surface area contributed by atoms with Gasteiger partial charge in [-0.2, -0.15) is 0 Å². The second-order valence-electron chi connectivity index (χ2n) is 12.6. The summed E-state index contributed by atoms with van der Waals surface area (Å²) >= 11 is 1.59. The van der Waals surface area contributed by atoms with Crippen LogP contribution in [-0.4, -0.2) is 48.5 Å². The van der Waals surface area contributed by atoms with Crippen molar-refractivity contribution in [2.75, 3.05) is 0 Å². The van der Waals surface area contributed by atoms with Crippen LogP contribution in [0, 0.1) is 24.2 Å². The first-order chi connectivity index (χ1) is 17.5. The molecule has 1 unspecified atom stereocenters. The number of ether oxygens (including phenoxy) is 1. The highest BCUT2D eigenvalue weighted by molar-refractivity contribution is 7.09. The molecule has 38 heavy (non-hydrogen) atoms. The molecule has 2 rings (SSSR count). The monoisotopic (exact) mass is 563 g/mol. The summed E-state index contributed by atoms with van der Waals surface area (Å²) in [5.41, 5.74) is 2.05. The van der Waals surface area contributed by atoms with Gasteiger partial charge in [0.05, 0.1) is 29.3 Å². The summed E-state index contributed by atoms with van der Waals surface area (Å²) in [5.74, 6) is -1.04. The zero-order valence-electron chi connectivity index (χ0n) is 25.1. The van der Waals surface area contributed by atoms with E-state index < -0.39 is 38.0 Å². The molecule has 8 heteroatoms. The average molecular weight is 564 g/mol. The van der Waals surface area contributed by atoms with Crippen LogP contribution in [0.25, 0.3) is 6.08 Å². The summed E-state index contributed by atoms with van der Waals surface area (Å²) < 4.78 is 12.5. The van der Waals surface area contributed by atoms with E-state index in [1.54, 1.807) is 18.3 Å². The zero-order valence-corrected chi connectivity index (χ0v) is 26.9. The Morgan fingerprint density at radius 3 is 2.47 bits per heavy atom. The summed E-state index contributed by atoms with van der Waals surface area (Å²) in [5, 5.41) is 14.0. The van der Waals surface area contributed by atoms with Gasteiger partial charge in [0, 0.05) is 23.1 Å². The molecule has 1 aromatic rings. The highest BCUT2D eigenvalue weighted by Crippen LogP contribution is 2.35. The zero-order chi connectivity index (χ0) is 28.8. The van der Waals surface area contributed by atoms with Gasteiger partial charge < -0.3 is 14.3 Å². The number of carbonyl (C=O) groups is 2. The fraction of sp³-hybridized carbons (Fsp3) is 0.700. The molecule has 0 radical (unpaired) electrons. The number of carbonyl (C=O) groups excluding carboxylic acids is 2. The predicted octanol–water partition coefficient (Wildman–Crippen LogP) is 7.13. The molecular formula is C30H49NO5SSi. The second-order valence-corrected chi connectivity index (χ2v) is 18.1. The van der Waals surface area contributed by atoms with Gasteiger partial charge in [0.2, 0.25) is 0 Å². The van der Waals surface area contributed by atoms with Crippen molar-refractivity contribution < 1.29 is 23.9 Å². The molecule has 0 amide bonds. The maximum Gasteiger partial charge on any atom is 0.309 e. The summed E-state index contributed by atoms with van der Waals surface area (Å²) in [6.07, 6.45) is 5.51. The average Bonchev–Trinajstić information content (AvgIpc) is 3.22. The number of aryl methyl sites for hydroxylation is 1. The van der Waals surface area contributed by atoms with Crippen molar-refractivity contribution >= 4 is 37.5 Å². The van der Waals surface area contributed by atoms with Crippen LogP contribution in [0.15, 0.2) is 22.6 Å². The van der Waals surface area contributed by atoms with E-state index >= 15 is 0 Å². The van der Waals surface area contributed by atoms with Gasteiger partial charge in [0.1, 0.15) is 11.9 Å². The van der Waals surface area contributed by atoms with Gasteiger partial charge in [0.15, 0.2) is 8.32 Å². The van der Waals surface area contributed by atoms with Crippen molar-refractivity contribution in [1.82, 2.24) is 4.98 Å². The minimum Gasteiger partial charge on any atom is -0.457 e. The summed E-state index contributed by atoms with van der Waals surface area (Å²) in [4.78, 5) is 31.7. The number of ketones is 1. The minimum atomic E-state index is -2.12. The number of thiazole rings is 1. The summed E-state index contributed by atoms with van der Waals surface area (Å²) in [7, 11) is -2.12. The number of hydrogen-bond acceptors (Lipinski definition) is 7. The second kappa shape index (κ2) is 13.6. The number of aromatic nitrogens is 1. The Morgan fingerprint density at radius 2 is 1.89 bits per heavy atom. The molecule has 0 bridgehead atoms. The van der Waals surface area contributed by atoms with E-state index in [9.17, 15) is 14.7 Å². The van der Waals surface area contributed by atoms with Crippen molar-refractivity contribution in [3.05, 3.63) is 33.3 Å². The van der Waals surface area contributed by atoms with E-state index in [0.29, 0.717) is 6.42 Å². The van der Waals surface area contributed by atoms with E-state index in [-0.39, 0.29) is 24.1 Å². The van der Waals surface area contributed by atoms with Gasteiger partial charge in [-0.1, -0.05) is 39.3 Å². The van der Waals surface area contributed by atoms with Crippen molar-refractivity contribution in [1.29, 1.82) is 0 Å². The number of hydrogen-bond donors (Lipinski definition) is 1. The van der Waals surface area contributed by atoms with Gasteiger partial charge in [-0.25, -0.2) is 4.98 Å². The van der Waals surface area contributed by atoms with Crippen LogP contribution in [0.5, 0.6) is 0 Å². The van der Waals surface area contributed by atoms with Gasteiger partial charge in [0.25, 0.3) is 0 Å². The molecule has 0 fully saturated rings. The molecule has 1 N–H and O–H groups in total. The van der Waals surface area contributed by atoms with Crippen molar-refractivity contribution in [3.63, 3.8) is 0 Å². The third-order valence-electron chi connectivity index (χ3n) is 7.50. The van der Waals surface area contributed by atoms with Gasteiger partial charge in [-0.15, -0.1) is 11.3 Å². The first-order valence-electron chi connectivity index (χ1n) is 13.9. The number of esters is 1. The molecular weight excluding hydrogens is 514 g/mol. The highest BCUT2D eigenvalue weighted by Gasteiger charge is 2.45. The molecule has 0 saturated heterocycles. The fourth-order valence-corrected chi connectivity index (χ4v) is 6.81. The van der Waals surface area contributed by atoms with Crippen LogP contribution in [-0.2, 0) is 18.8 Å². The van der Waals surface area contributed by atoms with Crippen LogP contribution >= 0.6 is 11.3 Å². The van der Waals surface area contributed by atoms with E-state index in [1.807, 2.05) is 46.1 Å². The molecule has 214 valence electrons. The number of cyclic esters (lactones) is 1. The number of nitrogens with zero attached hydrogens (tertiary/aromatic N) is 1. The molecule has 0 aromatic carbocycles. The number of allylic oxidation sites excluding steroid dienone is 1. The SMILES string of the molecule is C/C1=C/CC(/C(C)=C/c2csc(C)n2)OC(=O)C[C@H](O[Si](C)(C)C)C(C)(C)C(=O)[C@H](C)[C@@H](O)[C@H](C)CCC1. The molecule has 0 aliphatic carbocycles. The third kappa shape index (κ3) is 9.54. The van der Waals surface area contributed by atoms with Crippen LogP contribution in [0.3, 0.4) is 0 Å². The Bertz CT molecular complexity index is 1020. The van der Waals surface area contributed by atoms with Crippen LogP contribution in [0.1, 0.15) is 84.3 Å². The van der Waals surface area contributed by atoms with E-state index in [0.717, 1.165) is 35.5 Å². The smallest absolute Gasteiger partial charge is 0.309 e. The lowest BCUT2D eigenvalue weighted by Gasteiger charge is -2.39. The Kier molecular flexibility index (Phi) is 11.7. The summed E-state index contributed by atoms with van der Waals surface area (Å²) in [6, 6.07) is 0. The van der Waals surface area contributed by atoms with Crippen LogP contribution in [0.2, 0.25) is 19.6 Å². The standard InChI is InChI=1S/C30H49NO5SSi/c1-19-12-11-13-20(2)28(33)22(4)29(34)30(6,7)26(36-38(8,9)10)17-27(32)35-25(15-14-19)21(3)16-24-18-37-23(5)31-24/h14,16,18,20,22,25-26,28,33H,11-13,15,17H2,1-10H3/b19-14-,21-16+/t20-,22-,25?,26+,28+/m1/s1. The maximum atomic E-state index is 13.7. The highest BCUT2D eigenvalue weighted by atomic mass is 32.1. The van der Waals surface area contributed by atoms with E-state index in [1.165, 1.54) is 5.57 Å². The lowest BCUT2D eigenvalue weighted by molar-refractivity contribution is -0.153. The number of aliphatic hydroxyl groups excluding tert-OH is 1. The molecule has 2 heterocycles. The quantitative estimate of drug-likeness (QED) is 0.238. The third-order valence-corrected chi connectivity index (χ3v) is 9.28. The molecule has 0 spiro atoms. The van der Waals surface area contributed by atoms with Gasteiger partial charge in [-0.05, 0) is 77.2 Å². The minimum absolute atomic E-state index is 0.00808. The number of aliphatic hydroxyl groups is 1. The summed E-state index contributed by atoms with van der Waals surface area (Å²) in [6.45, 7) is 19.7. The lowest BCUT2D eigenvalue weighted by atomic mass is 9.73. The molecule has 6 nitrogen and oxygen atoms in total. The molecule has 0 saturated carbocycles. The Morgan fingerprint density at radius 1 is 1.24 bits per heavy atom. The van der Waals surface area contributed by atoms with Crippen LogP contribution in [0.4, 0.5) is 0 Å². The Hall–Kier alpha value is -1.61. The normalized spacial score (nSPS) is 30.4. The number of Topliss-reactive ketones (excluding diaryl/α,β-unsaturated/α-hetero) is 1. The first-order valence-corrected chi connectivity index (χ1v) is 18.2.